The van der Waals surface area contributed by atoms with Crippen molar-refractivity contribution in [3.8, 4) is 5.75 Å². The van der Waals surface area contributed by atoms with Crippen molar-refractivity contribution in [3.63, 3.8) is 0 Å². The molecule has 0 saturated heterocycles. The van der Waals surface area contributed by atoms with Gasteiger partial charge in [0.05, 0.1) is 22.0 Å². The molecule has 8 nitrogen and oxygen atoms in total. The van der Waals surface area contributed by atoms with E-state index in [0.29, 0.717) is 22.3 Å². The highest BCUT2D eigenvalue weighted by Gasteiger charge is 2.13. The molecule has 0 aliphatic carbocycles. The number of aryl methyl sites for hydroxylation is 2. The molecule has 3 aromatic rings. The normalized spacial score (nSPS) is 11.3. The van der Waals surface area contributed by atoms with Crippen LogP contribution in [0, 0.1) is 24.0 Å². The smallest absolute Gasteiger partial charge is 0.282 e. The van der Waals surface area contributed by atoms with Crippen LogP contribution in [-0.4, -0.2) is 25.9 Å². The van der Waals surface area contributed by atoms with Crippen LogP contribution in [0.2, 0.25) is 0 Å². The molecule has 1 heterocycles. The van der Waals surface area contributed by atoms with E-state index in [-0.39, 0.29) is 22.6 Å². The van der Waals surface area contributed by atoms with Crippen molar-refractivity contribution in [1.29, 1.82) is 0 Å². The van der Waals surface area contributed by atoms with Crippen LogP contribution < -0.4 is 5.56 Å². The lowest BCUT2D eigenvalue weighted by atomic mass is 10.1. The molecule has 0 saturated carbocycles. The van der Waals surface area contributed by atoms with E-state index in [9.17, 15) is 20.0 Å². The number of para-hydroxylation sites is 1. The SMILES string of the molecule is Cc1cc([N+](=O)[O-])cc(C=Nn2c(C)nc3ccccc3c2=O)c1O. The fourth-order valence-electron chi connectivity index (χ4n) is 2.48. The first kappa shape index (κ1) is 16.3. The van der Waals surface area contributed by atoms with Crippen LogP contribution in [0.15, 0.2) is 46.3 Å². The van der Waals surface area contributed by atoms with E-state index in [2.05, 4.69) is 10.1 Å². The van der Waals surface area contributed by atoms with Gasteiger partial charge in [-0.2, -0.15) is 9.78 Å². The van der Waals surface area contributed by atoms with Crippen molar-refractivity contribution in [2.75, 3.05) is 0 Å². The Balaban J connectivity index is 2.14. The van der Waals surface area contributed by atoms with Crippen LogP contribution in [0.1, 0.15) is 17.0 Å². The first-order valence-electron chi connectivity index (χ1n) is 7.39. The minimum atomic E-state index is -0.557. The van der Waals surface area contributed by atoms with Gasteiger partial charge >= 0.3 is 0 Å². The minimum Gasteiger partial charge on any atom is -0.507 e. The van der Waals surface area contributed by atoms with Crippen LogP contribution in [-0.2, 0) is 0 Å². The molecule has 8 heteroatoms. The summed E-state index contributed by atoms with van der Waals surface area (Å²) >= 11 is 0. The predicted octanol–water partition coefficient (Wildman–Crippen LogP) is 2.51. The number of hydrogen-bond acceptors (Lipinski definition) is 6. The summed E-state index contributed by atoms with van der Waals surface area (Å²) in [4.78, 5) is 27.3. The molecule has 0 radical (unpaired) electrons. The van der Waals surface area contributed by atoms with Crippen LogP contribution in [0.3, 0.4) is 0 Å². The second-order valence-corrected chi connectivity index (χ2v) is 5.50. The Labute approximate surface area is 141 Å². The van der Waals surface area contributed by atoms with Crippen LogP contribution in [0.5, 0.6) is 5.75 Å². The maximum Gasteiger partial charge on any atom is 0.282 e. The highest BCUT2D eigenvalue weighted by Crippen LogP contribution is 2.26. The molecular weight excluding hydrogens is 324 g/mol. The van der Waals surface area contributed by atoms with Crippen molar-refractivity contribution in [1.82, 2.24) is 9.66 Å². The highest BCUT2D eigenvalue weighted by molar-refractivity contribution is 5.85. The second kappa shape index (κ2) is 6.16. The van der Waals surface area contributed by atoms with Crippen molar-refractivity contribution in [2.45, 2.75) is 13.8 Å². The Bertz CT molecular complexity index is 1090. The zero-order chi connectivity index (χ0) is 18.1. The molecular formula is C17H14N4O4. The summed E-state index contributed by atoms with van der Waals surface area (Å²) in [5, 5.41) is 25.5. The number of nitro groups is 1. The lowest BCUT2D eigenvalue weighted by Gasteiger charge is -2.06. The Morgan fingerprint density at radius 3 is 2.72 bits per heavy atom. The van der Waals surface area contributed by atoms with Gasteiger partial charge in [0.25, 0.3) is 11.2 Å². The Morgan fingerprint density at radius 1 is 1.28 bits per heavy atom. The molecule has 0 bridgehead atoms. The minimum absolute atomic E-state index is 0.131. The van der Waals surface area contributed by atoms with Gasteiger partial charge in [-0.15, -0.1) is 0 Å². The molecule has 2 aromatic carbocycles. The van der Waals surface area contributed by atoms with Crippen molar-refractivity contribution < 1.29 is 10.0 Å². The third-order valence-electron chi connectivity index (χ3n) is 3.75. The van der Waals surface area contributed by atoms with Gasteiger partial charge in [0.2, 0.25) is 0 Å². The third-order valence-corrected chi connectivity index (χ3v) is 3.75. The maximum absolute atomic E-state index is 12.5. The molecule has 0 amide bonds. The molecule has 126 valence electrons. The number of phenols is 1. The average Bonchev–Trinajstić information content (AvgIpc) is 2.57. The summed E-state index contributed by atoms with van der Waals surface area (Å²) in [7, 11) is 0. The van der Waals surface area contributed by atoms with Gasteiger partial charge in [0.1, 0.15) is 11.6 Å². The number of aromatic nitrogens is 2. The quantitative estimate of drug-likeness (QED) is 0.448. The summed E-state index contributed by atoms with van der Waals surface area (Å²) in [5.41, 5.74) is 0.520. The molecule has 3 rings (SSSR count). The zero-order valence-corrected chi connectivity index (χ0v) is 13.5. The molecule has 1 N–H and O–H groups in total. The van der Waals surface area contributed by atoms with Gasteiger partial charge in [0, 0.05) is 17.7 Å². The molecule has 1 aromatic heterocycles. The van der Waals surface area contributed by atoms with E-state index < -0.39 is 4.92 Å². The molecule has 0 aliphatic rings. The maximum atomic E-state index is 12.5. The van der Waals surface area contributed by atoms with E-state index in [0.717, 1.165) is 4.68 Å². The number of hydrogen-bond donors (Lipinski definition) is 1. The first-order chi connectivity index (χ1) is 11.9. The third kappa shape index (κ3) is 2.97. The van der Waals surface area contributed by atoms with Crippen LogP contribution >= 0.6 is 0 Å². The van der Waals surface area contributed by atoms with Gasteiger partial charge in [-0.25, -0.2) is 4.98 Å². The van der Waals surface area contributed by atoms with Gasteiger partial charge in [-0.05, 0) is 31.5 Å². The number of benzene rings is 2. The van der Waals surface area contributed by atoms with Gasteiger partial charge in [-0.3, -0.25) is 14.9 Å². The fraction of sp³-hybridized carbons (Fsp3) is 0.118. The average molecular weight is 338 g/mol. The van der Waals surface area contributed by atoms with Crippen LogP contribution in [0.4, 0.5) is 5.69 Å². The number of nitrogens with zero attached hydrogens (tertiary/aromatic N) is 4. The van der Waals surface area contributed by atoms with E-state index >= 15 is 0 Å². The molecule has 0 aliphatic heterocycles. The van der Waals surface area contributed by atoms with Crippen molar-refractivity contribution in [2.24, 2.45) is 5.10 Å². The standard InChI is InChI=1S/C17H14N4O4/c1-10-7-13(21(24)25)8-12(16(10)22)9-18-20-11(2)19-15-6-4-3-5-14(15)17(20)23/h3-9,22H,1-2H3. The number of phenolic OH excluding ortho intramolecular Hbond substituents is 1. The fourth-order valence-corrected chi connectivity index (χ4v) is 2.48. The van der Waals surface area contributed by atoms with Gasteiger partial charge in [0.15, 0.2) is 0 Å². The number of aromatic hydroxyl groups is 1. The molecule has 0 atom stereocenters. The lowest BCUT2D eigenvalue weighted by Crippen LogP contribution is -2.20. The Hall–Kier alpha value is -3.55. The number of fused-ring (bicyclic) bond motifs is 1. The monoisotopic (exact) mass is 338 g/mol. The Morgan fingerprint density at radius 2 is 2.00 bits per heavy atom. The highest BCUT2D eigenvalue weighted by atomic mass is 16.6. The van der Waals surface area contributed by atoms with E-state index in [1.54, 1.807) is 38.1 Å². The molecule has 25 heavy (non-hydrogen) atoms. The topological polar surface area (TPSA) is 111 Å². The predicted molar refractivity (Wildman–Crippen MR) is 93.2 cm³/mol. The van der Waals surface area contributed by atoms with E-state index in [4.69, 9.17) is 0 Å². The number of non-ortho nitro benzene ring substituents is 1. The summed E-state index contributed by atoms with van der Waals surface area (Å²) in [6.45, 7) is 3.18. The van der Waals surface area contributed by atoms with Crippen LogP contribution in [0.25, 0.3) is 10.9 Å². The largest absolute Gasteiger partial charge is 0.507 e. The van der Waals surface area contributed by atoms with Gasteiger partial charge in [-0.1, -0.05) is 12.1 Å². The van der Waals surface area contributed by atoms with Crippen molar-refractivity contribution in [3.05, 3.63) is 73.8 Å². The zero-order valence-electron chi connectivity index (χ0n) is 13.5. The number of nitro benzene ring substituents is 1. The Kier molecular flexibility index (Phi) is 4.02. The van der Waals surface area contributed by atoms with Crippen molar-refractivity contribution >= 4 is 22.8 Å². The first-order valence-corrected chi connectivity index (χ1v) is 7.39. The van der Waals surface area contributed by atoms with E-state index in [1.807, 2.05) is 0 Å². The number of rotatable bonds is 3. The molecule has 0 unspecified atom stereocenters. The molecule has 0 spiro atoms. The summed E-state index contributed by atoms with van der Waals surface area (Å²) in [6, 6.07) is 9.34. The summed E-state index contributed by atoms with van der Waals surface area (Å²) < 4.78 is 1.09. The summed E-state index contributed by atoms with van der Waals surface area (Å²) in [5.74, 6) is 0.232. The summed E-state index contributed by atoms with van der Waals surface area (Å²) in [6.07, 6.45) is 1.21. The second-order valence-electron chi connectivity index (χ2n) is 5.50. The molecule has 0 fully saturated rings. The van der Waals surface area contributed by atoms with E-state index in [1.165, 1.54) is 18.3 Å². The lowest BCUT2D eigenvalue weighted by molar-refractivity contribution is -0.384. The van der Waals surface area contributed by atoms with Gasteiger partial charge < -0.3 is 5.11 Å².